The average molecular weight is 401 g/mol. The van der Waals surface area contributed by atoms with Gasteiger partial charge in [0.2, 0.25) is 0 Å². The predicted octanol–water partition coefficient (Wildman–Crippen LogP) is 6.34. The van der Waals surface area contributed by atoms with Crippen molar-refractivity contribution in [3.63, 3.8) is 0 Å². The summed E-state index contributed by atoms with van der Waals surface area (Å²) in [5, 5.41) is 6.77. The zero-order chi connectivity index (χ0) is 19.6. The average Bonchev–Trinajstić information content (AvgIpc) is 3.21. The molecule has 4 aromatic rings. The van der Waals surface area contributed by atoms with Crippen LogP contribution in [0.25, 0.3) is 21.3 Å². The number of anilines is 3. The third kappa shape index (κ3) is 3.70. The molecule has 0 amide bonds. The molecule has 0 radical (unpaired) electrons. The van der Waals surface area contributed by atoms with Crippen molar-refractivity contribution in [2.24, 2.45) is 5.92 Å². The number of benzene rings is 2. The van der Waals surface area contributed by atoms with E-state index in [0.717, 1.165) is 40.7 Å². The lowest BCUT2D eigenvalue weighted by Gasteiger charge is -2.32. The molecule has 29 heavy (non-hydrogen) atoms. The summed E-state index contributed by atoms with van der Waals surface area (Å²) in [5.74, 6) is 1.70. The summed E-state index contributed by atoms with van der Waals surface area (Å²) >= 11 is 1.66. The lowest BCUT2D eigenvalue weighted by molar-refractivity contribution is 0.438. The number of rotatable bonds is 4. The second kappa shape index (κ2) is 7.84. The van der Waals surface area contributed by atoms with Gasteiger partial charge in [0, 0.05) is 35.4 Å². The summed E-state index contributed by atoms with van der Waals surface area (Å²) in [4.78, 5) is 12.5. The van der Waals surface area contributed by atoms with Crippen molar-refractivity contribution < 1.29 is 0 Å². The van der Waals surface area contributed by atoms with Crippen LogP contribution >= 0.6 is 11.3 Å². The van der Waals surface area contributed by atoms with Crippen molar-refractivity contribution in [3.05, 3.63) is 66.3 Å². The van der Waals surface area contributed by atoms with Crippen LogP contribution in [0.5, 0.6) is 0 Å². The van der Waals surface area contributed by atoms with E-state index in [2.05, 4.69) is 81.0 Å². The number of fused-ring (bicyclic) bond motifs is 1. The molecule has 0 spiro atoms. The first kappa shape index (κ1) is 18.1. The highest BCUT2D eigenvalue weighted by molar-refractivity contribution is 7.17. The Morgan fingerprint density at radius 3 is 2.48 bits per heavy atom. The molecule has 1 aliphatic heterocycles. The third-order valence-corrected chi connectivity index (χ3v) is 6.62. The van der Waals surface area contributed by atoms with Crippen molar-refractivity contribution in [3.8, 4) is 11.1 Å². The fourth-order valence-electron chi connectivity index (χ4n) is 3.96. The summed E-state index contributed by atoms with van der Waals surface area (Å²) in [6, 6.07) is 19.2. The molecular formula is C24H24N4S. The first-order valence-corrected chi connectivity index (χ1v) is 11.1. The lowest BCUT2D eigenvalue weighted by Crippen LogP contribution is -2.32. The minimum absolute atomic E-state index is 0.844. The summed E-state index contributed by atoms with van der Waals surface area (Å²) < 4.78 is 0. The number of thiophene rings is 1. The largest absolute Gasteiger partial charge is 0.372 e. The molecule has 1 aliphatic rings. The molecular weight excluding hydrogens is 376 g/mol. The number of piperidine rings is 1. The highest BCUT2D eigenvalue weighted by Crippen LogP contribution is 2.37. The zero-order valence-corrected chi connectivity index (χ0v) is 17.3. The number of hydrogen-bond acceptors (Lipinski definition) is 5. The Hall–Kier alpha value is -2.92. The molecule has 146 valence electrons. The Kier molecular flexibility index (Phi) is 4.90. The quantitative estimate of drug-likeness (QED) is 0.434. The van der Waals surface area contributed by atoms with Crippen molar-refractivity contribution in [2.45, 2.75) is 19.8 Å². The summed E-state index contributed by atoms with van der Waals surface area (Å²) in [6.45, 7) is 4.65. The molecule has 0 unspecified atom stereocenters. The summed E-state index contributed by atoms with van der Waals surface area (Å²) in [5.41, 5.74) is 4.71. The van der Waals surface area contributed by atoms with Crippen molar-refractivity contribution in [2.75, 3.05) is 23.3 Å². The minimum atomic E-state index is 0.844. The molecule has 2 aromatic carbocycles. The summed E-state index contributed by atoms with van der Waals surface area (Å²) in [7, 11) is 0. The van der Waals surface area contributed by atoms with Crippen LogP contribution in [0.15, 0.2) is 66.3 Å². The molecule has 0 saturated carbocycles. The Balaban J connectivity index is 1.43. The fraction of sp³-hybridized carbons (Fsp3) is 0.250. The Morgan fingerprint density at radius 1 is 0.966 bits per heavy atom. The van der Waals surface area contributed by atoms with E-state index in [1.54, 1.807) is 17.7 Å². The van der Waals surface area contributed by atoms with Gasteiger partial charge in [-0.25, -0.2) is 9.97 Å². The molecule has 0 bridgehead atoms. The number of aromatic nitrogens is 2. The van der Waals surface area contributed by atoms with Gasteiger partial charge in [-0.05, 0) is 48.6 Å². The first-order chi connectivity index (χ1) is 14.3. The third-order valence-electron chi connectivity index (χ3n) is 5.73. The molecule has 5 rings (SSSR count). The smallest absolute Gasteiger partial charge is 0.143 e. The van der Waals surface area contributed by atoms with Gasteiger partial charge in [0.1, 0.15) is 17.0 Å². The highest BCUT2D eigenvalue weighted by Gasteiger charge is 2.16. The Labute approximate surface area is 175 Å². The number of nitrogens with one attached hydrogen (secondary N) is 1. The molecule has 2 aromatic heterocycles. The molecule has 1 N–H and O–H groups in total. The second-order valence-electron chi connectivity index (χ2n) is 7.76. The maximum atomic E-state index is 4.56. The van der Waals surface area contributed by atoms with E-state index in [1.165, 1.54) is 29.7 Å². The fourth-order valence-corrected chi connectivity index (χ4v) is 4.88. The van der Waals surface area contributed by atoms with Crippen LogP contribution in [0.3, 0.4) is 0 Å². The van der Waals surface area contributed by atoms with Crippen molar-refractivity contribution in [1.82, 2.24) is 9.97 Å². The van der Waals surface area contributed by atoms with Gasteiger partial charge < -0.3 is 10.2 Å². The van der Waals surface area contributed by atoms with Crippen LogP contribution < -0.4 is 10.2 Å². The van der Waals surface area contributed by atoms with Gasteiger partial charge in [0.05, 0.1) is 5.39 Å². The van der Waals surface area contributed by atoms with E-state index in [9.17, 15) is 0 Å². The van der Waals surface area contributed by atoms with E-state index in [0.29, 0.717) is 0 Å². The molecule has 4 nitrogen and oxygen atoms in total. The Morgan fingerprint density at radius 2 is 1.72 bits per heavy atom. The summed E-state index contributed by atoms with van der Waals surface area (Å²) in [6.07, 6.45) is 4.19. The maximum Gasteiger partial charge on any atom is 0.143 e. The van der Waals surface area contributed by atoms with Gasteiger partial charge >= 0.3 is 0 Å². The topological polar surface area (TPSA) is 41.0 Å². The number of nitrogens with zero attached hydrogens (tertiary/aromatic N) is 3. The van der Waals surface area contributed by atoms with Crippen LogP contribution in [0, 0.1) is 5.92 Å². The van der Waals surface area contributed by atoms with Gasteiger partial charge in [0.15, 0.2) is 0 Å². The lowest BCUT2D eigenvalue weighted by atomic mass is 9.99. The minimum Gasteiger partial charge on any atom is -0.372 e. The van der Waals surface area contributed by atoms with Crippen LogP contribution in [-0.4, -0.2) is 23.1 Å². The molecule has 3 heterocycles. The van der Waals surface area contributed by atoms with Gasteiger partial charge in [-0.2, -0.15) is 0 Å². The molecule has 1 fully saturated rings. The molecule has 0 atom stereocenters. The van der Waals surface area contributed by atoms with Crippen LogP contribution in [0.4, 0.5) is 17.2 Å². The van der Waals surface area contributed by atoms with Crippen LogP contribution in [-0.2, 0) is 0 Å². The maximum absolute atomic E-state index is 4.56. The van der Waals surface area contributed by atoms with E-state index < -0.39 is 0 Å². The predicted molar refractivity (Wildman–Crippen MR) is 123 cm³/mol. The van der Waals surface area contributed by atoms with Crippen molar-refractivity contribution in [1.29, 1.82) is 0 Å². The van der Waals surface area contributed by atoms with Crippen LogP contribution in [0.1, 0.15) is 19.8 Å². The monoisotopic (exact) mass is 400 g/mol. The zero-order valence-electron chi connectivity index (χ0n) is 16.5. The number of hydrogen-bond donors (Lipinski definition) is 1. The van der Waals surface area contributed by atoms with Gasteiger partial charge in [-0.3, -0.25) is 0 Å². The van der Waals surface area contributed by atoms with Gasteiger partial charge in [-0.15, -0.1) is 11.3 Å². The van der Waals surface area contributed by atoms with E-state index >= 15 is 0 Å². The van der Waals surface area contributed by atoms with E-state index in [4.69, 9.17) is 0 Å². The van der Waals surface area contributed by atoms with Gasteiger partial charge in [-0.1, -0.05) is 37.3 Å². The van der Waals surface area contributed by atoms with Crippen LogP contribution in [0.2, 0.25) is 0 Å². The molecule has 1 saturated heterocycles. The highest BCUT2D eigenvalue weighted by atomic mass is 32.1. The standard InChI is InChI=1S/C24H24N4S/c1-17-11-13-28(14-12-17)20-9-7-19(8-10-20)27-23-22-21(18-5-3-2-4-6-18)15-29-24(22)26-16-25-23/h2-10,15-17H,11-14H2,1H3,(H,25,26,27). The SMILES string of the molecule is CC1CCN(c2ccc(Nc3ncnc4scc(-c5ccccc5)c34)cc2)CC1. The first-order valence-electron chi connectivity index (χ1n) is 10.2. The molecule has 5 heteroatoms. The molecule has 0 aliphatic carbocycles. The van der Waals surface area contributed by atoms with Gasteiger partial charge in [0.25, 0.3) is 0 Å². The van der Waals surface area contributed by atoms with Crippen molar-refractivity contribution >= 4 is 38.7 Å². The van der Waals surface area contributed by atoms with E-state index in [1.807, 2.05) is 6.07 Å². The second-order valence-corrected chi connectivity index (χ2v) is 8.62. The normalized spacial score (nSPS) is 15.0. The Bertz CT molecular complexity index is 1100. The van der Waals surface area contributed by atoms with E-state index in [-0.39, 0.29) is 0 Å².